The number of methoxy groups -OCH3 is 2. The lowest BCUT2D eigenvalue weighted by atomic mass is 9.93. The van der Waals surface area contributed by atoms with Crippen LogP contribution in [0.1, 0.15) is 35.2 Å². The lowest BCUT2D eigenvalue weighted by Crippen LogP contribution is -2.29. The zero-order chi connectivity index (χ0) is 26.0. The minimum atomic E-state index is -0.876. The first-order chi connectivity index (χ1) is 17.3. The first-order valence-corrected chi connectivity index (χ1v) is 11.6. The van der Waals surface area contributed by atoms with Crippen LogP contribution in [0.2, 0.25) is 0 Å². The monoisotopic (exact) mass is 487 g/mol. The van der Waals surface area contributed by atoms with E-state index in [-0.39, 0.29) is 11.3 Å². The molecule has 1 atom stereocenters. The van der Waals surface area contributed by atoms with Crippen molar-refractivity contribution in [1.29, 1.82) is 0 Å². The summed E-state index contributed by atoms with van der Waals surface area (Å²) in [4.78, 5) is 28.3. The lowest BCUT2D eigenvalue weighted by Gasteiger charge is -2.26. The number of amides is 1. The van der Waals surface area contributed by atoms with E-state index in [1.165, 1.54) is 4.90 Å². The van der Waals surface area contributed by atoms with E-state index in [1.54, 1.807) is 56.7 Å². The number of hydrogen-bond acceptors (Lipinski definition) is 6. The fraction of sp³-hybridized carbons (Fsp3) is 0.241. The number of carbonyl (C=O) groups is 2. The van der Waals surface area contributed by atoms with Gasteiger partial charge in [-0.05, 0) is 79.9 Å². The van der Waals surface area contributed by atoms with Crippen LogP contribution in [0.3, 0.4) is 0 Å². The van der Waals surface area contributed by atoms with Gasteiger partial charge in [-0.3, -0.25) is 14.5 Å². The molecule has 0 aromatic heterocycles. The first-order valence-electron chi connectivity index (χ1n) is 11.6. The second-order valence-corrected chi connectivity index (χ2v) is 8.53. The molecule has 186 valence electrons. The van der Waals surface area contributed by atoms with E-state index < -0.39 is 17.7 Å². The highest BCUT2D eigenvalue weighted by Crippen LogP contribution is 2.44. The minimum Gasteiger partial charge on any atom is -0.507 e. The van der Waals surface area contributed by atoms with Crippen LogP contribution in [-0.4, -0.2) is 37.6 Å². The Morgan fingerprint density at radius 1 is 0.944 bits per heavy atom. The van der Waals surface area contributed by atoms with E-state index in [1.807, 2.05) is 39.0 Å². The highest BCUT2D eigenvalue weighted by molar-refractivity contribution is 6.51. The average molecular weight is 488 g/mol. The van der Waals surface area contributed by atoms with Gasteiger partial charge in [-0.2, -0.15) is 0 Å². The Kier molecular flexibility index (Phi) is 7.01. The van der Waals surface area contributed by atoms with Crippen LogP contribution in [0.4, 0.5) is 5.69 Å². The van der Waals surface area contributed by atoms with Gasteiger partial charge in [-0.15, -0.1) is 0 Å². The van der Waals surface area contributed by atoms with E-state index in [0.29, 0.717) is 46.2 Å². The number of carbonyl (C=O) groups excluding carboxylic acids is 2. The highest BCUT2D eigenvalue weighted by Gasteiger charge is 2.47. The summed E-state index contributed by atoms with van der Waals surface area (Å²) in [5, 5.41) is 11.5. The molecule has 36 heavy (non-hydrogen) atoms. The maximum Gasteiger partial charge on any atom is 0.300 e. The van der Waals surface area contributed by atoms with Gasteiger partial charge in [0, 0.05) is 11.3 Å². The van der Waals surface area contributed by atoms with Crippen molar-refractivity contribution in [2.24, 2.45) is 0 Å². The van der Waals surface area contributed by atoms with E-state index in [0.717, 1.165) is 5.56 Å². The molecule has 3 aromatic rings. The van der Waals surface area contributed by atoms with Crippen molar-refractivity contribution in [3.63, 3.8) is 0 Å². The van der Waals surface area contributed by atoms with Crippen molar-refractivity contribution in [1.82, 2.24) is 0 Å². The number of rotatable bonds is 7. The number of ether oxygens (including phenoxy) is 3. The molecule has 1 fully saturated rings. The van der Waals surface area contributed by atoms with Gasteiger partial charge < -0.3 is 19.3 Å². The molecule has 4 rings (SSSR count). The molecule has 1 amide bonds. The number of aliphatic hydroxyl groups excluding tert-OH is 1. The summed E-state index contributed by atoms with van der Waals surface area (Å²) >= 11 is 0. The normalized spacial score (nSPS) is 16.8. The number of aryl methyl sites for hydroxylation is 2. The third-order valence-corrected chi connectivity index (χ3v) is 6.22. The molecule has 1 aliphatic rings. The van der Waals surface area contributed by atoms with Crippen molar-refractivity contribution < 1.29 is 28.9 Å². The van der Waals surface area contributed by atoms with Crippen LogP contribution in [0.25, 0.3) is 5.76 Å². The van der Waals surface area contributed by atoms with Gasteiger partial charge in [0.2, 0.25) is 0 Å². The second-order valence-electron chi connectivity index (χ2n) is 8.53. The van der Waals surface area contributed by atoms with Crippen LogP contribution < -0.4 is 19.1 Å². The van der Waals surface area contributed by atoms with Gasteiger partial charge in [-0.25, -0.2) is 0 Å². The lowest BCUT2D eigenvalue weighted by molar-refractivity contribution is -0.132. The standard InChI is InChI=1S/C29H29NO6/c1-6-36-24-16-19(10-13-23(24)35-5)26-25(27(31)22-12-11-21(34-4)15-18(22)3)28(32)29(33)30(26)20-9-7-8-17(2)14-20/h7-16,26,31H,6H2,1-5H3/b27-25+. The summed E-state index contributed by atoms with van der Waals surface area (Å²) < 4.78 is 16.5. The fourth-order valence-electron chi connectivity index (χ4n) is 4.50. The SMILES string of the molecule is CCOc1cc(C2/C(=C(\O)c3ccc(OC)cc3C)C(=O)C(=O)N2c2cccc(C)c2)ccc1OC. The topological polar surface area (TPSA) is 85.3 Å². The number of Topliss-reactive ketones (excluding diaryl/α,β-unsaturated/α-hetero) is 1. The Morgan fingerprint density at radius 2 is 1.72 bits per heavy atom. The number of anilines is 1. The smallest absolute Gasteiger partial charge is 0.300 e. The Balaban J connectivity index is 1.98. The van der Waals surface area contributed by atoms with Crippen molar-refractivity contribution in [3.8, 4) is 17.2 Å². The van der Waals surface area contributed by atoms with E-state index in [9.17, 15) is 14.7 Å². The van der Waals surface area contributed by atoms with Gasteiger partial charge in [0.15, 0.2) is 11.5 Å². The number of aliphatic hydroxyl groups is 1. The Labute approximate surface area is 210 Å². The third-order valence-electron chi connectivity index (χ3n) is 6.22. The summed E-state index contributed by atoms with van der Waals surface area (Å²) in [6.45, 7) is 5.99. The summed E-state index contributed by atoms with van der Waals surface area (Å²) in [5.41, 5.74) is 3.25. The van der Waals surface area contributed by atoms with Gasteiger partial charge in [0.05, 0.1) is 32.4 Å². The molecular weight excluding hydrogens is 458 g/mol. The molecule has 1 N–H and O–H groups in total. The van der Waals surface area contributed by atoms with Crippen molar-refractivity contribution in [2.75, 3.05) is 25.7 Å². The van der Waals surface area contributed by atoms with Crippen LogP contribution in [-0.2, 0) is 9.59 Å². The van der Waals surface area contributed by atoms with Gasteiger partial charge in [0.1, 0.15) is 11.5 Å². The van der Waals surface area contributed by atoms with Crippen molar-refractivity contribution in [2.45, 2.75) is 26.8 Å². The van der Waals surface area contributed by atoms with Gasteiger partial charge >= 0.3 is 0 Å². The summed E-state index contributed by atoms with van der Waals surface area (Å²) in [7, 11) is 3.10. The van der Waals surface area contributed by atoms with Crippen LogP contribution in [0.15, 0.2) is 66.2 Å². The van der Waals surface area contributed by atoms with Crippen LogP contribution in [0.5, 0.6) is 17.2 Å². The molecule has 0 aliphatic carbocycles. The summed E-state index contributed by atoms with van der Waals surface area (Å²) in [5.74, 6) is -0.0954. The van der Waals surface area contributed by atoms with Gasteiger partial charge in [-0.1, -0.05) is 18.2 Å². The van der Waals surface area contributed by atoms with Crippen LogP contribution >= 0.6 is 0 Å². The Morgan fingerprint density at radius 3 is 2.36 bits per heavy atom. The van der Waals surface area contributed by atoms with E-state index in [4.69, 9.17) is 14.2 Å². The molecule has 0 spiro atoms. The molecule has 1 saturated heterocycles. The quantitative estimate of drug-likeness (QED) is 0.275. The Hall–Kier alpha value is -4.26. The molecule has 0 radical (unpaired) electrons. The molecule has 1 heterocycles. The van der Waals surface area contributed by atoms with E-state index >= 15 is 0 Å². The molecule has 7 heteroatoms. The molecule has 1 aliphatic heterocycles. The average Bonchev–Trinajstić information content (AvgIpc) is 3.14. The van der Waals surface area contributed by atoms with Gasteiger partial charge in [0.25, 0.3) is 11.7 Å². The largest absolute Gasteiger partial charge is 0.507 e. The summed E-state index contributed by atoms with van der Waals surface area (Å²) in [6, 6.07) is 16.9. The summed E-state index contributed by atoms with van der Waals surface area (Å²) in [6.07, 6.45) is 0. The molecule has 1 unspecified atom stereocenters. The zero-order valence-electron chi connectivity index (χ0n) is 21.0. The van der Waals surface area contributed by atoms with Crippen molar-refractivity contribution >= 4 is 23.1 Å². The highest BCUT2D eigenvalue weighted by atomic mass is 16.5. The molecule has 0 bridgehead atoms. The Bertz CT molecular complexity index is 1360. The second kappa shape index (κ2) is 10.2. The molecule has 7 nitrogen and oxygen atoms in total. The molecular formula is C29H29NO6. The number of nitrogens with zero attached hydrogens (tertiary/aromatic N) is 1. The predicted molar refractivity (Wildman–Crippen MR) is 138 cm³/mol. The molecule has 3 aromatic carbocycles. The minimum absolute atomic E-state index is 0.00221. The fourth-order valence-corrected chi connectivity index (χ4v) is 4.50. The number of benzene rings is 3. The van der Waals surface area contributed by atoms with Crippen molar-refractivity contribution in [3.05, 3.63) is 88.5 Å². The van der Waals surface area contributed by atoms with Crippen LogP contribution in [0, 0.1) is 13.8 Å². The predicted octanol–water partition coefficient (Wildman–Crippen LogP) is 5.35. The third kappa shape index (κ3) is 4.40. The zero-order valence-corrected chi connectivity index (χ0v) is 21.0. The maximum absolute atomic E-state index is 13.5. The van der Waals surface area contributed by atoms with E-state index in [2.05, 4.69) is 0 Å². The maximum atomic E-state index is 13.5. The number of hydrogen-bond donors (Lipinski definition) is 1. The first kappa shape index (κ1) is 24.9. The number of ketones is 1. The molecule has 0 saturated carbocycles.